The molecule has 3 rings (SSSR count). The maximum atomic E-state index is 13.0. The van der Waals surface area contributed by atoms with Crippen molar-refractivity contribution in [3.8, 4) is 5.75 Å². The molecule has 1 aromatic carbocycles. The van der Waals surface area contributed by atoms with Crippen molar-refractivity contribution in [1.29, 1.82) is 0 Å². The second-order valence-corrected chi connectivity index (χ2v) is 6.68. The van der Waals surface area contributed by atoms with Crippen molar-refractivity contribution in [2.75, 3.05) is 40.3 Å². The summed E-state index contributed by atoms with van der Waals surface area (Å²) in [6.07, 6.45) is 5.79. The molecule has 1 saturated heterocycles. The first kappa shape index (κ1) is 17.5. The van der Waals surface area contributed by atoms with Gasteiger partial charge in [0.1, 0.15) is 12.4 Å². The van der Waals surface area contributed by atoms with Gasteiger partial charge < -0.3 is 14.5 Å². The molecule has 0 N–H and O–H groups in total. The van der Waals surface area contributed by atoms with E-state index in [1.54, 1.807) is 6.20 Å². The minimum Gasteiger partial charge on any atom is -0.491 e. The summed E-state index contributed by atoms with van der Waals surface area (Å²) in [7, 11) is 4.01. The third kappa shape index (κ3) is 4.39. The number of para-hydroxylation sites is 1. The van der Waals surface area contributed by atoms with Gasteiger partial charge in [-0.2, -0.15) is 5.10 Å². The van der Waals surface area contributed by atoms with Crippen molar-refractivity contribution in [3.05, 3.63) is 48.3 Å². The lowest BCUT2D eigenvalue weighted by Gasteiger charge is -2.33. The maximum absolute atomic E-state index is 13.0. The minimum atomic E-state index is 0.0392. The molecule has 1 aromatic heterocycles. The van der Waals surface area contributed by atoms with Crippen LogP contribution in [0.15, 0.2) is 42.7 Å². The lowest BCUT2D eigenvalue weighted by Crippen LogP contribution is -2.41. The molecular weight excluding hydrogens is 316 g/mol. The van der Waals surface area contributed by atoms with Crippen LogP contribution in [0.25, 0.3) is 0 Å². The first-order valence-electron chi connectivity index (χ1n) is 8.80. The molecule has 0 aliphatic carbocycles. The summed E-state index contributed by atoms with van der Waals surface area (Å²) in [5, 5.41) is 4.33. The Labute approximate surface area is 149 Å². The summed E-state index contributed by atoms with van der Waals surface area (Å²) < 4.78 is 7.81. The number of amides is 1. The quantitative estimate of drug-likeness (QED) is 0.808. The fourth-order valence-corrected chi connectivity index (χ4v) is 3.13. The van der Waals surface area contributed by atoms with Crippen LogP contribution in [-0.2, 0) is 0 Å². The number of likely N-dealkylation sites (tertiary alicyclic amines) is 1. The van der Waals surface area contributed by atoms with Crippen molar-refractivity contribution in [1.82, 2.24) is 19.6 Å². The number of hydrogen-bond acceptors (Lipinski definition) is 4. The Morgan fingerprint density at radius 1 is 1.32 bits per heavy atom. The summed E-state index contributed by atoms with van der Waals surface area (Å²) in [4.78, 5) is 17.0. The second-order valence-electron chi connectivity index (χ2n) is 6.68. The molecular formula is C19H26N4O2. The Balaban J connectivity index is 1.70. The van der Waals surface area contributed by atoms with E-state index in [4.69, 9.17) is 4.74 Å². The Hall–Kier alpha value is -2.34. The predicted octanol–water partition coefficient (Wildman–Crippen LogP) is 2.30. The molecule has 1 unspecified atom stereocenters. The molecule has 0 saturated carbocycles. The van der Waals surface area contributed by atoms with E-state index in [2.05, 4.69) is 10.00 Å². The number of hydrogen-bond donors (Lipinski definition) is 0. The Kier molecular flexibility index (Phi) is 5.71. The topological polar surface area (TPSA) is 50.6 Å². The van der Waals surface area contributed by atoms with Gasteiger partial charge in [0, 0.05) is 32.0 Å². The number of rotatable bonds is 6. The lowest BCUT2D eigenvalue weighted by molar-refractivity contribution is 0.0668. The fourth-order valence-electron chi connectivity index (χ4n) is 3.13. The molecule has 6 nitrogen and oxygen atoms in total. The lowest BCUT2D eigenvalue weighted by atomic mass is 10.0. The zero-order chi connectivity index (χ0) is 17.6. The number of carbonyl (C=O) groups is 1. The summed E-state index contributed by atoms with van der Waals surface area (Å²) in [6, 6.07) is 9.69. The van der Waals surface area contributed by atoms with Gasteiger partial charge in [-0.3, -0.25) is 9.48 Å². The molecule has 134 valence electrons. The summed E-state index contributed by atoms with van der Waals surface area (Å²) in [5.41, 5.74) is 0.641. The largest absolute Gasteiger partial charge is 0.491 e. The zero-order valence-electron chi connectivity index (χ0n) is 15.0. The van der Waals surface area contributed by atoms with Gasteiger partial charge in [-0.05, 0) is 45.1 Å². The molecule has 0 spiro atoms. The Morgan fingerprint density at radius 2 is 2.16 bits per heavy atom. The van der Waals surface area contributed by atoms with Crippen LogP contribution in [0.3, 0.4) is 0 Å². The third-order valence-electron chi connectivity index (χ3n) is 4.50. The average Bonchev–Trinajstić information content (AvgIpc) is 3.16. The summed E-state index contributed by atoms with van der Waals surface area (Å²) >= 11 is 0. The van der Waals surface area contributed by atoms with Crippen LogP contribution in [0.1, 0.15) is 29.2 Å². The average molecular weight is 342 g/mol. The fraction of sp³-hybridized carbons (Fsp3) is 0.474. The normalized spacial score (nSPS) is 17.7. The summed E-state index contributed by atoms with van der Waals surface area (Å²) in [6.45, 7) is 2.84. The maximum Gasteiger partial charge on any atom is 0.257 e. The van der Waals surface area contributed by atoms with E-state index in [9.17, 15) is 4.79 Å². The van der Waals surface area contributed by atoms with Crippen LogP contribution >= 0.6 is 0 Å². The van der Waals surface area contributed by atoms with Crippen LogP contribution < -0.4 is 4.74 Å². The van der Waals surface area contributed by atoms with Crippen LogP contribution in [0.2, 0.25) is 0 Å². The highest BCUT2D eigenvalue weighted by molar-refractivity contribution is 5.97. The van der Waals surface area contributed by atoms with Gasteiger partial charge in [0.2, 0.25) is 0 Å². The standard InChI is InChI=1S/C19H26N4O2/c1-21(2)13-14-25-18-9-4-3-8-17(18)19(24)22-11-5-7-16(15-22)23-12-6-10-20-23/h3-4,6,8-10,12,16H,5,7,11,13-15H2,1-2H3. The highest BCUT2D eigenvalue weighted by Crippen LogP contribution is 2.25. The van der Waals surface area contributed by atoms with Gasteiger partial charge >= 0.3 is 0 Å². The smallest absolute Gasteiger partial charge is 0.257 e. The zero-order valence-corrected chi connectivity index (χ0v) is 15.0. The molecule has 1 amide bonds. The minimum absolute atomic E-state index is 0.0392. The van der Waals surface area contributed by atoms with Crippen molar-refractivity contribution in [3.63, 3.8) is 0 Å². The number of carbonyl (C=O) groups excluding carboxylic acids is 1. The van der Waals surface area contributed by atoms with Crippen LogP contribution in [0.5, 0.6) is 5.75 Å². The molecule has 0 bridgehead atoms. The molecule has 1 aliphatic heterocycles. The molecule has 6 heteroatoms. The molecule has 1 aliphatic rings. The van der Waals surface area contributed by atoms with E-state index in [1.165, 1.54) is 0 Å². The Morgan fingerprint density at radius 3 is 2.92 bits per heavy atom. The van der Waals surface area contributed by atoms with Gasteiger partial charge in [0.25, 0.3) is 5.91 Å². The highest BCUT2D eigenvalue weighted by atomic mass is 16.5. The SMILES string of the molecule is CN(C)CCOc1ccccc1C(=O)N1CCCC(n2cccn2)C1. The van der Waals surface area contributed by atoms with E-state index in [1.807, 2.05) is 60.2 Å². The molecule has 25 heavy (non-hydrogen) atoms. The first-order valence-corrected chi connectivity index (χ1v) is 8.80. The molecule has 1 fully saturated rings. The van der Waals surface area contributed by atoms with Gasteiger partial charge in [-0.25, -0.2) is 0 Å². The summed E-state index contributed by atoms with van der Waals surface area (Å²) in [5.74, 6) is 0.702. The van der Waals surface area contributed by atoms with Crippen LogP contribution in [-0.4, -0.2) is 65.8 Å². The van der Waals surface area contributed by atoms with E-state index in [0.717, 1.165) is 25.9 Å². The molecule has 2 aromatic rings. The molecule has 2 heterocycles. The number of ether oxygens (including phenoxy) is 1. The second kappa shape index (κ2) is 8.16. The number of nitrogens with zero attached hydrogens (tertiary/aromatic N) is 4. The van der Waals surface area contributed by atoms with Crippen molar-refractivity contribution in [2.24, 2.45) is 0 Å². The van der Waals surface area contributed by atoms with Crippen LogP contribution in [0.4, 0.5) is 0 Å². The third-order valence-corrected chi connectivity index (χ3v) is 4.50. The first-order chi connectivity index (χ1) is 12.1. The highest BCUT2D eigenvalue weighted by Gasteiger charge is 2.27. The van der Waals surface area contributed by atoms with E-state index in [-0.39, 0.29) is 11.9 Å². The van der Waals surface area contributed by atoms with E-state index in [0.29, 0.717) is 24.5 Å². The van der Waals surface area contributed by atoms with Crippen molar-refractivity contribution < 1.29 is 9.53 Å². The number of aromatic nitrogens is 2. The number of piperidine rings is 1. The monoisotopic (exact) mass is 342 g/mol. The van der Waals surface area contributed by atoms with Gasteiger partial charge in [-0.1, -0.05) is 12.1 Å². The number of benzene rings is 1. The molecule has 1 atom stereocenters. The number of likely N-dealkylation sites (N-methyl/N-ethyl adjacent to an activating group) is 1. The van der Waals surface area contributed by atoms with Gasteiger partial charge in [-0.15, -0.1) is 0 Å². The Bertz CT molecular complexity index is 684. The van der Waals surface area contributed by atoms with Gasteiger partial charge in [0.15, 0.2) is 0 Å². The van der Waals surface area contributed by atoms with Crippen molar-refractivity contribution in [2.45, 2.75) is 18.9 Å². The predicted molar refractivity (Wildman–Crippen MR) is 96.9 cm³/mol. The van der Waals surface area contributed by atoms with E-state index < -0.39 is 0 Å². The van der Waals surface area contributed by atoms with Gasteiger partial charge in [0.05, 0.1) is 11.6 Å². The molecule has 0 radical (unpaired) electrons. The van der Waals surface area contributed by atoms with Crippen LogP contribution in [0, 0.1) is 0 Å². The van der Waals surface area contributed by atoms with Crippen molar-refractivity contribution >= 4 is 5.91 Å². The van der Waals surface area contributed by atoms with E-state index >= 15 is 0 Å².